The van der Waals surface area contributed by atoms with Crippen molar-refractivity contribution in [2.75, 3.05) is 13.7 Å². The fourth-order valence-corrected chi connectivity index (χ4v) is 3.19. The molecule has 0 aliphatic heterocycles. The quantitative estimate of drug-likeness (QED) is 0.528. The summed E-state index contributed by atoms with van der Waals surface area (Å²) in [6.45, 7) is 0.334. The molecule has 8 nitrogen and oxygen atoms in total. The van der Waals surface area contributed by atoms with Crippen LogP contribution in [0.3, 0.4) is 0 Å². The van der Waals surface area contributed by atoms with Gasteiger partial charge in [-0.2, -0.15) is 4.98 Å². The van der Waals surface area contributed by atoms with Crippen molar-refractivity contribution >= 4 is 23.2 Å². The van der Waals surface area contributed by atoms with Crippen molar-refractivity contribution in [1.82, 2.24) is 20.8 Å². The number of carbonyl (C=O) groups excluding carboxylic acids is 2. The monoisotopic (exact) mass is 414 g/mol. The average molecular weight is 414 g/mol. The van der Waals surface area contributed by atoms with Crippen LogP contribution in [0.25, 0.3) is 10.7 Å². The summed E-state index contributed by atoms with van der Waals surface area (Å²) < 4.78 is 10.3. The molecule has 3 rings (SSSR count). The lowest BCUT2D eigenvalue weighted by molar-refractivity contribution is -0.126. The molecule has 2 amide bonds. The molecule has 0 atom stereocenters. The van der Waals surface area contributed by atoms with Crippen LogP contribution in [0.1, 0.15) is 24.3 Å². The van der Waals surface area contributed by atoms with Crippen LogP contribution < -0.4 is 15.4 Å². The lowest BCUT2D eigenvalue weighted by Crippen LogP contribution is -2.36. The van der Waals surface area contributed by atoms with Gasteiger partial charge in [0.15, 0.2) is 0 Å². The summed E-state index contributed by atoms with van der Waals surface area (Å²) in [6, 6.07) is 11.3. The Balaban J connectivity index is 1.30. The first kappa shape index (κ1) is 20.5. The van der Waals surface area contributed by atoms with Crippen molar-refractivity contribution in [3.05, 3.63) is 53.2 Å². The molecule has 0 saturated heterocycles. The van der Waals surface area contributed by atoms with Gasteiger partial charge in [0.1, 0.15) is 5.75 Å². The Morgan fingerprint density at radius 3 is 2.69 bits per heavy atom. The van der Waals surface area contributed by atoms with Crippen LogP contribution in [0, 0.1) is 0 Å². The molecule has 2 heterocycles. The third kappa shape index (κ3) is 6.42. The van der Waals surface area contributed by atoms with E-state index in [9.17, 15) is 9.59 Å². The van der Waals surface area contributed by atoms with Crippen molar-refractivity contribution in [2.24, 2.45) is 0 Å². The summed E-state index contributed by atoms with van der Waals surface area (Å²) in [6.07, 6.45) is 1.35. The normalized spacial score (nSPS) is 10.5. The summed E-state index contributed by atoms with van der Waals surface area (Å²) >= 11 is 1.54. The summed E-state index contributed by atoms with van der Waals surface area (Å²) in [5.74, 6) is 1.39. The second kappa shape index (κ2) is 10.4. The molecule has 29 heavy (non-hydrogen) atoms. The Labute approximate surface area is 172 Å². The maximum absolute atomic E-state index is 11.9. The SMILES string of the molecule is COc1ccc(CNC(=O)CNC(=O)CCCc2nc(-c3cccs3)no2)cc1. The topological polar surface area (TPSA) is 106 Å². The second-order valence-corrected chi connectivity index (χ2v) is 7.19. The predicted octanol–water partition coefficient (Wildman–Crippen LogP) is 2.56. The average Bonchev–Trinajstić information content (AvgIpc) is 3.43. The van der Waals surface area contributed by atoms with E-state index in [-0.39, 0.29) is 24.8 Å². The van der Waals surface area contributed by atoms with Gasteiger partial charge in [-0.3, -0.25) is 9.59 Å². The summed E-state index contributed by atoms with van der Waals surface area (Å²) in [5.41, 5.74) is 0.951. The van der Waals surface area contributed by atoms with Gasteiger partial charge in [-0.25, -0.2) is 0 Å². The molecule has 0 fully saturated rings. The van der Waals surface area contributed by atoms with Gasteiger partial charge < -0.3 is 19.9 Å². The number of ether oxygens (including phenoxy) is 1. The summed E-state index contributed by atoms with van der Waals surface area (Å²) in [4.78, 5) is 29.0. The van der Waals surface area contributed by atoms with Crippen LogP contribution >= 0.6 is 11.3 Å². The molecule has 2 N–H and O–H groups in total. The fraction of sp³-hybridized carbons (Fsp3) is 0.300. The maximum atomic E-state index is 11.9. The number of methoxy groups -OCH3 is 1. The van der Waals surface area contributed by atoms with Gasteiger partial charge in [-0.05, 0) is 35.6 Å². The van der Waals surface area contributed by atoms with Gasteiger partial charge >= 0.3 is 0 Å². The zero-order chi connectivity index (χ0) is 20.5. The maximum Gasteiger partial charge on any atom is 0.239 e. The van der Waals surface area contributed by atoms with Gasteiger partial charge in [0.25, 0.3) is 0 Å². The molecule has 9 heteroatoms. The number of aromatic nitrogens is 2. The smallest absolute Gasteiger partial charge is 0.239 e. The van der Waals surface area contributed by atoms with Crippen molar-refractivity contribution in [1.29, 1.82) is 0 Å². The zero-order valence-corrected chi connectivity index (χ0v) is 16.8. The van der Waals surface area contributed by atoms with Gasteiger partial charge in [0.05, 0.1) is 18.5 Å². The Bertz CT molecular complexity index is 922. The molecule has 0 saturated carbocycles. The van der Waals surface area contributed by atoms with Gasteiger partial charge in [-0.1, -0.05) is 23.4 Å². The number of nitrogens with zero attached hydrogens (tertiary/aromatic N) is 2. The fourth-order valence-electron chi connectivity index (χ4n) is 2.54. The molecule has 3 aromatic rings. The standard InChI is InChI=1S/C20H22N4O4S/c1-27-15-9-7-14(8-10-15)12-21-18(26)13-22-17(25)5-2-6-19-23-20(24-28-19)16-4-3-11-29-16/h3-4,7-11H,2,5-6,12-13H2,1H3,(H,21,26)(H,22,25). The number of hydrogen-bond acceptors (Lipinski definition) is 7. The van der Waals surface area contributed by atoms with E-state index in [4.69, 9.17) is 9.26 Å². The first-order chi connectivity index (χ1) is 14.1. The first-order valence-electron chi connectivity index (χ1n) is 9.17. The molecule has 2 aromatic heterocycles. The second-order valence-electron chi connectivity index (χ2n) is 6.24. The van der Waals surface area contributed by atoms with Gasteiger partial charge in [-0.15, -0.1) is 11.3 Å². The van der Waals surface area contributed by atoms with E-state index >= 15 is 0 Å². The van der Waals surface area contributed by atoms with Crippen LogP contribution in [0.4, 0.5) is 0 Å². The summed E-state index contributed by atoms with van der Waals surface area (Å²) in [7, 11) is 1.60. The third-order valence-corrected chi connectivity index (χ3v) is 4.96. The Kier molecular flexibility index (Phi) is 7.34. The molecule has 0 aliphatic carbocycles. The lowest BCUT2D eigenvalue weighted by Gasteiger charge is -2.07. The van der Waals surface area contributed by atoms with E-state index in [0.29, 0.717) is 31.1 Å². The molecule has 0 aliphatic rings. The molecule has 0 radical (unpaired) electrons. The first-order valence-corrected chi connectivity index (χ1v) is 10.0. The minimum Gasteiger partial charge on any atom is -0.497 e. The highest BCUT2D eigenvalue weighted by molar-refractivity contribution is 7.13. The highest BCUT2D eigenvalue weighted by Crippen LogP contribution is 2.21. The highest BCUT2D eigenvalue weighted by atomic mass is 32.1. The number of benzene rings is 1. The number of thiophene rings is 1. The van der Waals surface area contributed by atoms with E-state index in [1.165, 1.54) is 11.3 Å². The van der Waals surface area contributed by atoms with Crippen molar-refractivity contribution in [3.8, 4) is 16.5 Å². The Morgan fingerprint density at radius 1 is 1.14 bits per heavy atom. The van der Waals surface area contributed by atoms with E-state index in [1.807, 2.05) is 41.8 Å². The Hall–Kier alpha value is -3.20. The highest BCUT2D eigenvalue weighted by Gasteiger charge is 2.11. The van der Waals surface area contributed by atoms with Gasteiger partial charge in [0.2, 0.25) is 23.5 Å². The number of rotatable bonds is 10. The Morgan fingerprint density at radius 2 is 1.97 bits per heavy atom. The number of nitrogens with one attached hydrogen (secondary N) is 2. The lowest BCUT2D eigenvalue weighted by atomic mass is 10.2. The number of aryl methyl sites for hydroxylation is 1. The number of hydrogen-bond donors (Lipinski definition) is 2. The van der Waals surface area contributed by atoms with E-state index in [0.717, 1.165) is 16.2 Å². The molecule has 152 valence electrons. The van der Waals surface area contributed by atoms with Crippen molar-refractivity contribution in [3.63, 3.8) is 0 Å². The molecular formula is C20H22N4O4S. The van der Waals surface area contributed by atoms with E-state index in [2.05, 4.69) is 20.8 Å². The third-order valence-electron chi connectivity index (χ3n) is 4.10. The van der Waals surface area contributed by atoms with Crippen LogP contribution in [-0.4, -0.2) is 35.6 Å². The van der Waals surface area contributed by atoms with E-state index in [1.54, 1.807) is 7.11 Å². The minimum absolute atomic E-state index is 0.0575. The van der Waals surface area contributed by atoms with Crippen LogP contribution in [0.2, 0.25) is 0 Å². The van der Waals surface area contributed by atoms with E-state index < -0.39 is 0 Å². The van der Waals surface area contributed by atoms with Crippen LogP contribution in [0.15, 0.2) is 46.3 Å². The molecular weight excluding hydrogens is 392 g/mol. The van der Waals surface area contributed by atoms with Crippen LogP contribution in [-0.2, 0) is 22.6 Å². The van der Waals surface area contributed by atoms with Gasteiger partial charge in [0, 0.05) is 19.4 Å². The number of amides is 2. The molecule has 1 aromatic carbocycles. The molecule has 0 spiro atoms. The largest absolute Gasteiger partial charge is 0.497 e. The molecule has 0 bridgehead atoms. The zero-order valence-electron chi connectivity index (χ0n) is 16.0. The summed E-state index contributed by atoms with van der Waals surface area (Å²) in [5, 5.41) is 11.3. The number of carbonyl (C=O) groups is 2. The molecule has 0 unspecified atom stereocenters. The van der Waals surface area contributed by atoms with Crippen molar-refractivity contribution < 1.29 is 18.8 Å². The van der Waals surface area contributed by atoms with Crippen LogP contribution in [0.5, 0.6) is 5.75 Å². The predicted molar refractivity (Wildman–Crippen MR) is 108 cm³/mol. The minimum atomic E-state index is -0.244. The van der Waals surface area contributed by atoms with Crippen molar-refractivity contribution in [2.45, 2.75) is 25.8 Å².